The molecule has 0 radical (unpaired) electrons. The number of methoxy groups -OCH3 is 1. The maximum atomic E-state index is 11.8. The monoisotopic (exact) mass is 366 g/mol. The van der Waals surface area contributed by atoms with E-state index in [9.17, 15) is 4.79 Å². The Kier molecular flexibility index (Phi) is 7.22. The van der Waals surface area contributed by atoms with E-state index in [1.54, 1.807) is 13.2 Å². The molecule has 0 aliphatic rings. The van der Waals surface area contributed by atoms with Crippen LogP contribution in [-0.2, 0) is 12.8 Å². The summed E-state index contributed by atoms with van der Waals surface area (Å²) in [7, 11) is 1.64. The predicted octanol–water partition coefficient (Wildman–Crippen LogP) is 4.09. The largest absolute Gasteiger partial charge is 0.496 e. The van der Waals surface area contributed by atoms with Crippen LogP contribution in [0.15, 0.2) is 42.5 Å². The normalized spacial score (nSPS) is 10.3. The van der Waals surface area contributed by atoms with Crippen molar-refractivity contribution in [1.29, 1.82) is 0 Å². The molecule has 2 aromatic rings. The molecule has 0 aliphatic heterocycles. The predicted molar refractivity (Wildman–Crippen MR) is 98.3 cm³/mol. The molecule has 0 heterocycles. The van der Waals surface area contributed by atoms with Crippen LogP contribution >= 0.6 is 23.2 Å². The van der Waals surface area contributed by atoms with Gasteiger partial charge in [-0.2, -0.15) is 0 Å². The van der Waals surface area contributed by atoms with Gasteiger partial charge >= 0.3 is 6.03 Å². The van der Waals surface area contributed by atoms with Gasteiger partial charge in [0.2, 0.25) is 0 Å². The van der Waals surface area contributed by atoms with Gasteiger partial charge in [-0.15, -0.1) is 0 Å². The number of urea groups is 1. The third kappa shape index (κ3) is 5.95. The number of amides is 2. The first-order chi connectivity index (χ1) is 11.6. The number of nitrogens with one attached hydrogen (secondary N) is 2. The van der Waals surface area contributed by atoms with Crippen LogP contribution in [-0.4, -0.2) is 26.2 Å². The minimum atomic E-state index is -0.196. The molecule has 2 aromatic carbocycles. The zero-order chi connectivity index (χ0) is 17.4. The van der Waals surface area contributed by atoms with E-state index in [4.69, 9.17) is 27.9 Å². The van der Waals surface area contributed by atoms with Gasteiger partial charge in [-0.3, -0.25) is 0 Å². The number of ether oxygens (including phenoxy) is 1. The lowest BCUT2D eigenvalue weighted by Gasteiger charge is -2.10. The number of carbonyl (C=O) groups is 1. The fourth-order valence-corrected chi connectivity index (χ4v) is 2.93. The lowest BCUT2D eigenvalue weighted by atomic mass is 10.1. The minimum Gasteiger partial charge on any atom is -0.496 e. The standard InChI is InChI=1S/C18H20Cl2N2O2/c1-24-17-5-3-2-4-14(17)7-9-22-18(23)21-8-6-13-10-15(19)12-16(20)11-13/h2-5,10-12H,6-9H2,1H3,(H2,21,22,23). The number of hydrogen-bond acceptors (Lipinski definition) is 2. The molecule has 0 saturated heterocycles. The molecule has 2 N–H and O–H groups in total. The van der Waals surface area contributed by atoms with Crippen molar-refractivity contribution >= 4 is 29.2 Å². The van der Waals surface area contributed by atoms with Crippen molar-refractivity contribution in [3.8, 4) is 5.75 Å². The third-order valence-corrected chi connectivity index (χ3v) is 3.93. The molecule has 0 aromatic heterocycles. The number of para-hydroxylation sites is 1. The zero-order valence-corrected chi connectivity index (χ0v) is 15.0. The van der Waals surface area contributed by atoms with Crippen molar-refractivity contribution in [2.24, 2.45) is 0 Å². The molecule has 0 saturated carbocycles. The van der Waals surface area contributed by atoms with Gasteiger partial charge in [-0.25, -0.2) is 4.79 Å². The highest BCUT2D eigenvalue weighted by Gasteiger charge is 2.04. The number of hydrogen-bond donors (Lipinski definition) is 2. The SMILES string of the molecule is COc1ccccc1CCNC(=O)NCCc1cc(Cl)cc(Cl)c1. The summed E-state index contributed by atoms with van der Waals surface area (Å²) in [5.41, 5.74) is 2.05. The molecule has 2 amide bonds. The summed E-state index contributed by atoms with van der Waals surface area (Å²) in [4.78, 5) is 11.8. The van der Waals surface area contributed by atoms with Crippen LogP contribution in [0.5, 0.6) is 5.75 Å². The summed E-state index contributed by atoms with van der Waals surface area (Å²) in [5, 5.41) is 6.84. The lowest BCUT2D eigenvalue weighted by Crippen LogP contribution is -2.37. The van der Waals surface area contributed by atoms with Crippen LogP contribution < -0.4 is 15.4 Å². The summed E-state index contributed by atoms with van der Waals surface area (Å²) in [6.07, 6.45) is 1.38. The van der Waals surface area contributed by atoms with Crippen LogP contribution in [0.2, 0.25) is 10.0 Å². The molecule has 0 atom stereocenters. The second-order valence-corrected chi connectivity index (χ2v) is 6.15. The van der Waals surface area contributed by atoms with Gasteiger partial charge in [-0.05, 0) is 48.2 Å². The topological polar surface area (TPSA) is 50.4 Å². The van der Waals surface area contributed by atoms with Gasteiger partial charge in [0, 0.05) is 23.1 Å². The van der Waals surface area contributed by atoms with Crippen molar-refractivity contribution in [3.05, 3.63) is 63.6 Å². The number of carbonyl (C=O) groups excluding carboxylic acids is 1. The Bertz CT molecular complexity index is 672. The van der Waals surface area contributed by atoms with E-state index < -0.39 is 0 Å². The van der Waals surface area contributed by atoms with E-state index in [1.165, 1.54) is 0 Å². The molecule has 2 rings (SSSR count). The average molecular weight is 367 g/mol. The van der Waals surface area contributed by atoms with Crippen molar-refractivity contribution in [3.63, 3.8) is 0 Å². The highest BCUT2D eigenvalue weighted by atomic mass is 35.5. The molecule has 4 nitrogen and oxygen atoms in total. The number of benzene rings is 2. The smallest absolute Gasteiger partial charge is 0.314 e. The summed E-state index contributed by atoms with van der Waals surface area (Å²) >= 11 is 11.9. The van der Waals surface area contributed by atoms with Crippen molar-refractivity contribution < 1.29 is 9.53 Å². The molecule has 0 spiro atoms. The Balaban J connectivity index is 1.70. The Labute approximate surface area is 152 Å². The van der Waals surface area contributed by atoms with Crippen LogP contribution in [0.25, 0.3) is 0 Å². The molecule has 24 heavy (non-hydrogen) atoms. The molecule has 0 bridgehead atoms. The summed E-state index contributed by atoms with van der Waals surface area (Å²) in [5.74, 6) is 0.831. The van der Waals surface area contributed by atoms with Gasteiger partial charge in [0.15, 0.2) is 0 Å². The van der Waals surface area contributed by atoms with Crippen LogP contribution in [0, 0.1) is 0 Å². The second-order valence-electron chi connectivity index (χ2n) is 5.27. The van der Waals surface area contributed by atoms with Crippen molar-refractivity contribution in [1.82, 2.24) is 10.6 Å². The Morgan fingerprint density at radius 3 is 2.29 bits per heavy atom. The first kappa shape index (κ1) is 18.4. The maximum Gasteiger partial charge on any atom is 0.314 e. The third-order valence-electron chi connectivity index (χ3n) is 3.49. The van der Waals surface area contributed by atoms with E-state index in [0.717, 1.165) is 16.9 Å². The molecule has 6 heteroatoms. The van der Waals surface area contributed by atoms with Gasteiger partial charge in [-0.1, -0.05) is 41.4 Å². The fourth-order valence-electron chi connectivity index (χ4n) is 2.36. The Hall–Kier alpha value is -1.91. The first-order valence-electron chi connectivity index (χ1n) is 7.67. The molecule has 0 aliphatic carbocycles. The summed E-state index contributed by atoms with van der Waals surface area (Å²) in [6.45, 7) is 1.05. The second kappa shape index (κ2) is 9.40. The minimum absolute atomic E-state index is 0.196. The van der Waals surface area contributed by atoms with E-state index in [0.29, 0.717) is 36.0 Å². The van der Waals surface area contributed by atoms with Crippen molar-refractivity contribution in [2.75, 3.05) is 20.2 Å². The number of halogens is 2. The van der Waals surface area contributed by atoms with Gasteiger partial charge in [0.25, 0.3) is 0 Å². The van der Waals surface area contributed by atoms with Gasteiger partial charge < -0.3 is 15.4 Å². The summed E-state index contributed by atoms with van der Waals surface area (Å²) in [6, 6.07) is 12.9. The molecule has 128 valence electrons. The van der Waals surface area contributed by atoms with Gasteiger partial charge in [0.05, 0.1) is 7.11 Å². The average Bonchev–Trinajstić information content (AvgIpc) is 2.54. The quantitative estimate of drug-likeness (QED) is 0.775. The van der Waals surface area contributed by atoms with Gasteiger partial charge in [0.1, 0.15) is 5.75 Å². The zero-order valence-electron chi connectivity index (χ0n) is 13.4. The molecular formula is C18H20Cl2N2O2. The van der Waals surface area contributed by atoms with Crippen molar-refractivity contribution in [2.45, 2.75) is 12.8 Å². The van der Waals surface area contributed by atoms with E-state index in [2.05, 4.69) is 10.6 Å². The van der Waals surface area contributed by atoms with Crippen LogP contribution in [0.1, 0.15) is 11.1 Å². The maximum absolute atomic E-state index is 11.8. The van der Waals surface area contributed by atoms with E-state index >= 15 is 0 Å². The van der Waals surface area contributed by atoms with E-state index in [-0.39, 0.29) is 6.03 Å². The molecular weight excluding hydrogens is 347 g/mol. The Morgan fingerprint density at radius 1 is 1.00 bits per heavy atom. The lowest BCUT2D eigenvalue weighted by molar-refractivity contribution is 0.241. The highest BCUT2D eigenvalue weighted by molar-refractivity contribution is 6.34. The first-order valence-corrected chi connectivity index (χ1v) is 8.42. The van der Waals surface area contributed by atoms with Crippen LogP contribution in [0.4, 0.5) is 4.79 Å². The van der Waals surface area contributed by atoms with Crippen LogP contribution in [0.3, 0.4) is 0 Å². The highest BCUT2D eigenvalue weighted by Crippen LogP contribution is 2.19. The molecule has 0 fully saturated rings. The number of rotatable bonds is 7. The fraction of sp³-hybridized carbons (Fsp3) is 0.278. The molecule has 0 unspecified atom stereocenters. The summed E-state index contributed by atoms with van der Waals surface area (Å²) < 4.78 is 5.29. The van der Waals surface area contributed by atoms with E-state index in [1.807, 2.05) is 36.4 Å². The Morgan fingerprint density at radius 2 is 1.62 bits per heavy atom.